The highest BCUT2D eigenvalue weighted by Gasteiger charge is 2.19. The van der Waals surface area contributed by atoms with Gasteiger partial charge in [0, 0.05) is 49.4 Å². The van der Waals surface area contributed by atoms with E-state index in [1.54, 1.807) is 12.4 Å². The summed E-state index contributed by atoms with van der Waals surface area (Å²) in [7, 11) is 0. The van der Waals surface area contributed by atoms with Gasteiger partial charge in [-0.15, -0.1) is 0 Å². The molecule has 0 unspecified atom stereocenters. The standard InChI is InChI=1S/C22H22N4O2/c27-21-9-4-12-26(21)13-5-11-24-22(28)18-14-20(16-6-3-10-23-15-16)25-19-8-2-1-7-17(18)19/h1-3,6-8,10,14-15H,4-5,9,11-13H2,(H,24,28). The Morgan fingerprint density at radius 3 is 2.86 bits per heavy atom. The van der Waals surface area contributed by atoms with E-state index >= 15 is 0 Å². The lowest BCUT2D eigenvalue weighted by Gasteiger charge is -2.15. The summed E-state index contributed by atoms with van der Waals surface area (Å²) in [5, 5.41) is 3.81. The Labute approximate surface area is 163 Å². The van der Waals surface area contributed by atoms with Gasteiger partial charge in [-0.25, -0.2) is 4.98 Å². The molecule has 0 atom stereocenters. The Morgan fingerprint density at radius 2 is 2.07 bits per heavy atom. The first-order chi connectivity index (χ1) is 13.7. The van der Waals surface area contributed by atoms with E-state index in [1.807, 2.05) is 47.4 Å². The molecule has 1 aromatic carbocycles. The minimum absolute atomic E-state index is 0.128. The predicted octanol–water partition coefficient (Wildman–Crippen LogP) is 3.04. The average Bonchev–Trinajstić information content (AvgIpc) is 3.15. The third-order valence-electron chi connectivity index (χ3n) is 4.98. The maximum atomic E-state index is 12.9. The largest absolute Gasteiger partial charge is 0.352 e. The van der Waals surface area contributed by atoms with Gasteiger partial charge in [0.05, 0.1) is 16.8 Å². The Hall–Kier alpha value is -3.28. The summed E-state index contributed by atoms with van der Waals surface area (Å²) in [5.74, 6) is 0.0871. The number of pyridine rings is 2. The Kier molecular flexibility index (Phi) is 5.28. The molecule has 1 aliphatic heterocycles. The zero-order valence-electron chi connectivity index (χ0n) is 15.6. The average molecular weight is 374 g/mol. The van der Waals surface area contributed by atoms with E-state index in [0.717, 1.165) is 41.5 Å². The molecule has 0 saturated carbocycles. The van der Waals surface area contributed by atoms with Crippen molar-refractivity contribution in [3.63, 3.8) is 0 Å². The van der Waals surface area contributed by atoms with Crippen molar-refractivity contribution in [1.29, 1.82) is 0 Å². The predicted molar refractivity (Wildman–Crippen MR) is 108 cm³/mol. The zero-order chi connectivity index (χ0) is 19.3. The second-order valence-electron chi connectivity index (χ2n) is 6.91. The van der Waals surface area contributed by atoms with Crippen molar-refractivity contribution in [3.05, 3.63) is 60.4 Å². The van der Waals surface area contributed by atoms with Crippen LogP contribution in [0.25, 0.3) is 22.2 Å². The molecule has 0 radical (unpaired) electrons. The number of para-hydroxylation sites is 1. The van der Waals surface area contributed by atoms with Crippen LogP contribution in [0.15, 0.2) is 54.9 Å². The van der Waals surface area contributed by atoms with E-state index in [9.17, 15) is 9.59 Å². The van der Waals surface area contributed by atoms with Crippen LogP contribution in [-0.4, -0.2) is 46.3 Å². The van der Waals surface area contributed by atoms with Crippen molar-refractivity contribution in [2.24, 2.45) is 0 Å². The molecule has 0 spiro atoms. The second-order valence-corrected chi connectivity index (χ2v) is 6.91. The first-order valence-corrected chi connectivity index (χ1v) is 9.58. The van der Waals surface area contributed by atoms with Gasteiger partial charge in [-0.05, 0) is 37.1 Å². The van der Waals surface area contributed by atoms with Crippen LogP contribution in [0.2, 0.25) is 0 Å². The first-order valence-electron chi connectivity index (χ1n) is 9.58. The van der Waals surface area contributed by atoms with Gasteiger partial charge in [-0.3, -0.25) is 14.6 Å². The van der Waals surface area contributed by atoms with E-state index in [4.69, 9.17) is 0 Å². The van der Waals surface area contributed by atoms with Gasteiger partial charge in [0.2, 0.25) is 5.91 Å². The van der Waals surface area contributed by atoms with E-state index in [0.29, 0.717) is 25.1 Å². The first kappa shape index (κ1) is 18.1. The number of hydrogen-bond donors (Lipinski definition) is 1. The number of nitrogens with zero attached hydrogens (tertiary/aromatic N) is 3. The van der Waals surface area contributed by atoms with Gasteiger partial charge in [0.15, 0.2) is 0 Å². The summed E-state index contributed by atoms with van der Waals surface area (Å²) >= 11 is 0. The number of hydrogen-bond acceptors (Lipinski definition) is 4. The van der Waals surface area contributed by atoms with E-state index in [-0.39, 0.29) is 11.8 Å². The van der Waals surface area contributed by atoms with Crippen molar-refractivity contribution in [1.82, 2.24) is 20.2 Å². The molecule has 1 saturated heterocycles. The fraction of sp³-hybridized carbons (Fsp3) is 0.273. The molecule has 3 aromatic rings. The number of fused-ring (bicyclic) bond motifs is 1. The molecular formula is C22H22N4O2. The number of nitrogens with one attached hydrogen (secondary N) is 1. The molecule has 1 N–H and O–H groups in total. The Bertz CT molecular complexity index is 1000. The van der Waals surface area contributed by atoms with Crippen LogP contribution in [0.4, 0.5) is 0 Å². The lowest BCUT2D eigenvalue weighted by molar-refractivity contribution is -0.127. The second kappa shape index (κ2) is 8.17. The monoisotopic (exact) mass is 374 g/mol. The molecule has 6 heteroatoms. The molecule has 0 aliphatic carbocycles. The fourth-order valence-electron chi connectivity index (χ4n) is 3.53. The van der Waals surface area contributed by atoms with Crippen molar-refractivity contribution >= 4 is 22.7 Å². The van der Waals surface area contributed by atoms with Crippen LogP contribution in [0.3, 0.4) is 0 Å². The Morgan fingerprint density at radius 1 is 1.18 bits per heavy atom. The molecule has 28 heavy (non-hydrogen) atoms. The molecule has 142 valence electrons. The molecular weight excluding hydrogens is 352 g/mol. The molecule has 3 heterocycles. The summed E-state index contributed by atoms with van der Waals surface area (Å²) in [6.07, 6.45) is 5.78. The summed E-state index contributed by atoms with van der Waals surface area (Å²) in [4.78, 5) is 35.2. The number of amides is 2. The number of rotatable bonds is 6. The summed E-state index contributed by atoms with van der Waals surface area (Å²) < 4.78 is 0. The number of carbonyl (C=O) groups is 2. The third-order valence-corrected chi connectivity index (χ3v) is 4.98. The van der Waals surface area contributed by atoms with Gasteiger partial charge >= 0.3 is 0 Å². The number of aromatic nitrogens is 2. The molecule has 2 aromatic heterocycles. The molecule has 1 fully saturated rings. The van der Waals surface area contributed by atoms with Crippen molar-refractivity contribution < 1.29 is 9.59 Å². The maximum absolute atomic E-state index is 12.9. The van der Waals surface area contributed by atoms with Crippen LogP contribution in [0.1, 0.15) is 29.6 Å². The lowest BCUT2D eigenvalue weighted by atomic mass is 10.0. The summed E-state index contributed by atoms with van der Waals surface area (Å²) in [6, 6.07) is 13.2. The molecule has 1 aliphatic rings. The van der Waals surface area contributed by atoms with Gasteiger partial charge in [-0.1, -0.05) is 18.2 Å². The van der Waals surface area contributed by atoms with Gasteiger partial charge in [0.25, 0.3) is 5.91 Å². The summed E-state index contributed by atoms with van der Waals surface area (Å²) in [6.45, 7) is 2.05. The van der Waals surface area contributed by atoms with E-state index in [2.05, 4.69) is 15.3 Å². The number of benzene rings is 1. The fourth-order valence-corrected chi connectivity index (χ4v) is 3.53. The SMILES string of the molecule is O=C(NCCCN1CCCC1=O)c1cc(-c2cccnc2)nc2ccccc12. The molecule has 6 nitrogen and oxygen atoms in total. The molecule has 4 rings (SSSR count). The van der Waals surface area contributed by atoms with Crippen LogP contribution in [-0.2, 0) is 4.79 Å². The van der Waals surface area contributed by atoms with Gasteiger partial charge < -0.3 is 10.2 Å². The maximum Gasteiger partial charge on any atom is 0.252 e. The minimum Gasteiger partial charge on any atom is -0.352 e. The van der Waals surface area contributed by atoms with E-state index in [1.165, 1.54) is 0 Å². The van der Waals surface area contributed by atoms with E-state index < -0.39 is 0 Å². The van der Waals surface area contributed by atoms with Crippen LogP contribution in [0, 0.1) is 0 Å². The van der Waals surface area contributed by atoms with Crippen LogP contribution < -0.4 is 5.32 Å². The van der Waals surface area contributed by atoms with Crippen LogP contribution >= 0.6 is 0 Å². The van der Waals surface area contributed by atoms with Crippen molar-refractivity contribution in [2.45, 2.75) is 19.3 Å². The third kappa shape index (κ3) is 3.86. The lowest BCUT2D eigenvalue weighted by Crippen LogP contribution is -2.30. The quantitative estimate of drug-likeness (QED) is 0.673. The smallest absolute Gasteiger partial charge is 0.252 e. The van der Waals surface area contributed by atoms with Crippen LogP contribution in [0.5, 0.6) is 0 Å². The van der Waals surface area contributed by atoms with Crippen molar-refractivity contribution in [3.8, 4) is 11.3 Å². The van der Waals surface area contributed by atoms with Gasteiger partial charge in [0.1, 0.15) is 0 Å². The normalized spacial score (nSPS) is 13.9. The highest BCUT2D eigenvalue weighted by molar-refractivity contribution is 6.07. The topological polar surface area (TPSA) is 75.2 Å². The zero-order valence-corrected chi connectivity index (χ0v) is 15.6. The highest BCUT2D eigenvalue weighted by Crippen LogP contribution is 2.24. The summed E-state index contributed by atoms with van der Waals surface area (Å²) in [5.41, 5.74) is 2.97. The minimum atomic E-state index is -0.128. The molecule has 0 bridgehead atoms. The van der Waals surface area contributed by atoms with Crippen molar-refractivity contribution in [2.75, 3.05) is 19.6 Å². The number of likely N-dealkylation sites (tertiary alicyclic amines) is 1. The molecule has 2 amide bonds. The van der Waals surface area contributed by atoms with Gasteiger partial charge in [-0.2, -0.15) is 0 Å². The number of carbonyl (C=O) groups excluding carboxylic acids is 2. The highest BCUT2D eigenvalue weighted by atomic mass is 16.2. The Balaban J connectivity index is 1.51.